The first-order valence-corrected chi connectivity index (χ1v) is 2.46. The predicted octanol–water partition coefficient (Wildman–Crippen LogP) is 1.20. The Kier molecular flexibility index (Phi) is 5.29. The molecule has 0 fully saturated rings. The summed E-state index contributed by atoms with van der Waals surface area (Å²) in [6.45, 7) is 3.49. The van der Waals surface area contributed by atoms with Crippen molar-refractivity contribution in [1.29, 1.82) is 0 Å². The lowest BCUT2D eigenvalue weighted by Crippen LogP contribution is -1.54. The maximum Gasteiger partial charge on any atom is 0.0277 e. The lowest BCUT2D eigenvalue weighted by atomic mass is 10.4. The minimum atomic E-state index is 0.666. The molecule has 0 aromatic carbocycles. The highest BCUT2D eigenvalue weighted by molar-refractivity contribution is 5.34. The molecule has 0 aliphatic carbocycles. The van der Waals surface area contributed by atoms with Gasteiger partial charge in [-0.3, -0.25) is 0 Å². The monoisotopic (exact) mass is 114 g/mol. The van der Waals surface area contributed by atoms with Crippen molar-refractivity contribution in [2.75, 3.05) is 0 Å². The van der Waals surface area contributed by atoms with Crippen LogP contribution < -0.4 is 0 Å². The average molecular weight is 114 g/mol. The van der Waals surface area contributed by atoms with Gasteiger partial charge < -0.3 is 0 Å². The molecule has 0 rings (SSSR count). The molecule has 0 aromatic rings. The van der Waals surface area contributed by atoms with Crippen molar-refractivity contribution in [3.63, 3.8) is 0 Å². The molecule has 0 spiro atoms. The molecule has 0 bridgehead atoms. The minimum absolute atomic E-state index is 0.666. The second-order valence-electron chi connectivity index (χ2n) is 1.19. The Balaban J connectivity index is 3.64. The van der Waals surface area contributed by atoms with Crippen LogP contribution in [0.5, 0.6) is 0 Å². The van der Waals surface area contributed by atoms with Gasteiger partial charge in [0.05, 0.1) is 0 Å². The van der Waals surface area contributed by atoms with E-state index in [1.54, 1.807) is 6.08 Å². The molecule has 0 heteroatoms. The van der Waals surface area contributed by atoms with Crippen LogP contribution in [0.15, 0.2) is 12.7 Å². The van der Waals surface area contributed by atoms with Gasteiger partial charge in [-0.15, -0.1) is 13.0 Å². The van der Waals surface area contributed by atoms with Gasteiger partial charge in [0.25, 0.3) is 0 Å². The van der Waals surface area contributed by atoms with Crippen molar-refractivity contribution >= 4 is 0 Å². The van der Waals surface area contributed by atoms with Crippen LogP contribution in [0.25, 0.3) is 0 Å². The largest absolute Gasteiger partial charge is 0.106 e. The fraction of sp³-hybridized carbons (Fsp3) is 0.111. The number of terminal acetylenes is 1. The molecule has 42 valence electrons. The van der Waals surface area contributed by atoms with Crippen molar-refractivity contribution in [2.24, 2.45) is 0 Å². The third-order valence-electron chi connectivity index (χ3n) is 0.532. The summed E-state index contributed by atoms with van der Waals surface area (Å²) in [6.07, 6.45) is 7.21. The fourth-order valence-corrected chi connectivity index (χ4v) is 0.235. The Morgan fingerprint density at radius 2 is 2.11 bits per heavy atom. The lowest BCUT2D eigenvalue weighted by molar-refractivity contribution is 1.49. The first-order chi connectivity index (χ1) is 4.41. The van der Waals surface area contributed by atoms with Crippen LogP contribution in [0.4, 0.5) is 0 Å². The van der Waals surface area contributed by atoms with E-state index < -0.39 is 0 Å². The molecule has 0 unspecified atom stereocenters. The van der Waals surface area contributed by atoms with Gasteiger partial charge in [0, 0.05) is 6.42 Å². The van der Waals surface area contributed by atoms with Gasteiger partial charge in [-0.25, -0.2) is 0 Å². The molecular formula is C9H6. The summed E-state index contributed by atoms with van der Waals surface area (Å²) < 4.78 is 0. The van der Waals surface area contributed by atoms with Crippen molar-refractivity contribution in [3.05, 3.63) is 12.7 Å². The summed E-state index contributed by atoms with van der Waals surface area (Å²) in [5.41, 5.74) is 0. The van der Waals surface area contributed by atoms with E-state index in [9.17, 15) is 0 Å². The second-order valence-corrected chi connectivity index (χ2v) is 1.19. The molecule has 0 saturated heterocycles. The van der Waals surface area contributed by atoms with Crippen molar-refractivity contribution in [2.45, 2.75) is 6.42 Å². The second kappa shape index (κ2) is 6.42. The van der Waals surface area contributed by atoms with E-state index in [-0.39, 0.29) is 0 Å². The van der Waals surface area contributed by atoms with Crippen LogP contribution in [-0.2, 0) is 0 Å². The van der Waals surface area contributed by atoms with E-state index >= 15 is 0 Å². The van der Waals surface area contributed by atoms with E-state index in [1.807, 2.05) is 0 Å². The van der Waals surface area contributed by atoms with Crippen LogP contribution in [0, 0.1) is 36.0 Å². The Bertz CT molecular complexity index is 229. The van der Waals surface area contributed by atoms with Gasteiger partial charge in [0.2, 0.25) is 0 Å². The summed E-state index contributed by atoms with van der Waals surface area (Å²) in [4.78, 5) is 0. The zero-order valence-corrected chi connectivity index (χ0v) is 5.07. The van der Waals surface area contributed by atoms with Gasteiger partial charge in [-0.2, -0.15) is 0 Å². The molecule has 0 heterocycles. The standard InChI is InChI=1S/C9H6/c1-3-5-7-9-8-6-4-2/h1,4H,2,6H2. The zero-order chi connectivity index (χ0) is 6.95. The molecule has 0 aliphatic heterocycles. The maximum absolute atomic E-state index is 4.83. The molecular weight excluding hydrogens is 108 g/mol. The van der Waals surface area contributed by atoms with E-state index in [2.05, 4.69) is 36.2 Å². The summed E-state index contributed by atoms with van der Waals surface area (Å²) in [7, 11) is 0. The van der Waals surface area contributed by atoms with Gasteiger partial charge in [-0.05, 0) is 23.7 Å². The van der Waals surface area contributed by atoms with Gasteiger partial charge in [-0.1, -0.05) is 12.0 Å². The molecule has 0 aliphatic rings. The molecule has 0 aromatic heterocycles. The average Bonchev–Trinajstić information content (AvgIpc) is 1.89. The minimum Gasteiger partial charge on any atom is -0.106 e. The summed E-state index contributed by atoms with van der Waals surface area (Å²) in [6, 6.07) is 0. The third kappa shape index (κ3) is 6.42. The van der Waals surface area contributed by atoms with E-state index in [1.165, 1.54) is 0 Å². The third-order valence-corrected chi connectivity index (χ3v) is 0.532. The van der Waals surface area contributed by atoms with Crippen LogP contribution in [0.1, 0.15) is 6.42 Å². The molecule has 9 heavy (non-hydrogen) atoms. The maximum atomic E-state index is 4.83. The molecule has 0 amide bonds. The highest BCUT2D eigenvalue weighted by Gasteiger charge is 1.58. The molecule has 0 N–H and O–H groups in total. The first kappa shape index (κ1) is 7.42. The van der Waals surface area contributed by atoms with E-state index in [4.69, 9.17) is 6.42 Å². The predicted molar refractivity (Wildman–Crippen MR) is 39.2 cm³/mol. The van der Waals surface area contributed by atoms with Gasteiger partial charge in [0.1, 0.15) is 0 Å². The number of rotatable bonds is 1. The number of hydrogen-bond acceptors (Lipinski definition) is 0. The van der Waals surface area contributed by atoms with E-state index in [0.29, 0.717) is 6.42 Å². The Hall–Kier alpha value is -1.58. The van der Waals surface area contributed by atoms with Crippen LogP contribution in [-0.4, -0.2) is 0 Å². The van der Waals surface area contributed by atoms with Gasteiger partial charge in [0.15, 0.2) is 0 Å². The number of allylic oxidation sites excluding steroid dienone is 1. The molecule has 0 atom stereocenters. The van der Waals surface area contributed by atoms with Crippen LogP contribution >= 0.6 is 0 Å². The Morgan fingerprint density at radius 1 is 1.33 bits per heavy atom. The summed E-state index contributed by atoms with van der Waals surface area (Å²) >= 11 is 0. The Labute approximate surface area is 56.0 Å². The zero-order valence-electron chi connectivity index (χ0n) is 5.07. The normalized spacial score (nSPS) is 4.78. The Morgan fingerprint density at radius 3 is 2.67 bits per heavy atom. The topological polar surface area (TPSA) is 0 Å². The smallest absolute Gasteiger partial charge is 0.0277 e. The molecule has 0 radical (unpaired) electrons. The lowest BCUT2D eigenvalue weighted by Gasteiger charge is -1.64. The van der Waals surface area contributed by atoms with Crippen LogP contribution in [0.3, 0.4) is 0 Å². The SMILES string of the molecule is C#CC#CC#CCC=C. The molecule has 0 nitrogen and oxygen atoms in total. The van der Waals surface area contributed by atoms with E-state index in [0.717, 1.165) is 0 Å². The van der Waals surface area contributed by atoms with Crippen molar-refractivity contribution in [1.82, 2.24) is 0 Å². The highest BCUT2D eigenvalue weighted by atomic mass is 13.6. The highest BCUT2D eigenvalue weighted by Crippen LogP contribution is 1.70. The van der Waals surface area contributed by atoms with Crippen molar-refractivity contribution < 1.29 is 0 Å². The van der Waals surface area contributed by atoms with Crippen LogP contribution in [0.2, 0.25) is 0 Å². The first-order valence-electron chi connectivity index (χ1n) is 2.46. The quantitative estimate of drug-likeness (QED) is 0.355. The summed E-state index contributed by atoms with van der Waals surface area (Å²) in [5.74, 6) is 12.3. The number of hydrogen-bond donors (Lipinski definition) is 0. The van der Waals surface area contributed by atoms with Crippen molar-refractivity contribution in [3.8, 4) is 36.0 Å². The molecule has 0 saturated carbocycles. The summed E-state index contributed by atoms with van der Waals surface area (Å²) in [5, 5.41) is 0. The van der Waals surface area contributed by atoms with Gasteiger partial charge >= 0.3 is 0 Å². The fourth-order valence-electron chi connectivity index (χ4n) is 0.235.